The fraction of sp³-hybridized carbons (Fsp3) is 0.500. The Balaban J connectivity index is 0.000000823. The van der Waals surface area contributed by atoms with Crippen LogP contribution < -0.4 is 5.32 Å². The molecule has 7 nitrogen and oxygen atoms in total. The first kappa shape index (κ1) is 22.6. The number of carboxylic acid groups (broad SMARTS) is 2. The zero-order valence-electron chi connectivity index (χ0n) is 15.7. The van der Waals surface area contributed by atoms with E-state index in [4.69, 9.17) is 19.8 Å². The number of nitrogens with zero attached hydrogens (tertiary/aromatic N) is 1. The van der Waals surface area contributed by atoms with E-state index >= 15 is 0 Å². The third-order valence-electron chi connectivity index (χ3n) is 3.28. The molecule has 0 unspecified atom stereocenters. The van der Waals surface area contributed by atoms with E-state index in [0.29, 0.717) is 18.4 Å². The highest BCUT2D eigenvalue weighted by molar-refractivity contribution is 6.27. The first-order valence-corrected chi connectivity index (χ1v) is 8.00. The molecule has 1 amide bonds. The van der Waals surface area contributed by atoms with Crippen molar-refractivity contribution in [2.45, 2.75) is 39.5 Å². The molecule has 0 aromatic heterocycles. The third-order valence-corrected chi connectivity index (χ3v) is 3.28. The minimum Gasteiger partial charge on any atom is -0.473 e. The zero-order valence-corrected chi connectivity index (χ0v) is 15.7. The molecular formula is C18H28N2O5. The number of aliphatic carboxylic acids is 2. The average molecular weight is 352 g/mol. The van der Waals surface area contributed by atoms with E-state index in [2.05, 4.69) is 51.2 Å². The van der Waals surface area contributed by atoms with Crippen LogP contribution in [-0.4, -0.2) is 53.6 Å². The predicted molar refractivity (Wildman–Crippen MR) is 97.1 cm³/mol. The molecule has 0 aliphatic heterocycles. The van der Waals surface area contributed by atoms with Crippen molar-refractivity contribution >= 4 is 23.5 Å². The van der Waals surface area contributed by atoms with E-state index < -0.39 is 11.9 Å². The molecule has 1 rings (SSSR count). The van der Waals surface area contributed by atoms with E-state index in [9.17, 15) is 4.79 Å². The van der Waals surface area contributed by atoms with Gasteiger partial charge in [-0.15, -0.1) is 0 Å². The minimum atomic E-state index is -1.82. The largest absolute Gasteiger partial charge is 0.473 e. The summed E-state index contributed by atoms with van der Waals surface area (Å²) in [6.45, 7) is 9.02. The van der Waals surface area contributed by atoms with Crippen LogP contribution in [0.2, 0.25) is 0 Å². The quantitative estimate of drug-likeness (QED) is 0.703. The second-order valence-electron chi connectivity index (χ2n) is 6.52. The number of para-hydroxylation sites is 1. The molecule has 0 aliphatic rings. The number of amides is 1. The monoisotopic (exact) mass is 352 g/mol. The van der Waals surface area contributed by atoms with Crippen LogP contribution in [0.25, 0.3) is 0 Å². The molecule has 0 saturated carbocycles. The van der Waals surface area contributed by atoms with Crippen molar-refractivity contribution in [1.29, 1.82) is 0 Å². The summed E-state index contributed by atoms with van der Waals surface area (Å²) >= 11 is 0. The molecule has 140 valence electrons. The lowest BCUT2D eigenvalue weighted by Gasteiger charge is -2.21. The number of hydrogen-bond acceptors (Lipinski definition) is 4. The smallest absolute Gasteiger partial charge is 0.414 e. The van der Waals surface area contributed by atoms with Gasteiger partial charge in [0.2, 0.25) is 5.91 Å². The Morgan fingerprint density at radius 3 is 1.64 bits per heavy atom. The van der Waals surface area contributed by atoms with Gasteiger partial charge in [-0.2, -0.15) is 0 Å². The van der Waals surface area contributed by atoms with E-state index in [1.165, 1.54) is 11.1 Å². The van der Waals surface area contributed by atoms with Gasteiger partial charge in [0.05, 0.1) is 6.54 Å². The lowest BCUT2D eigenvalue weighted by molar-refractivity contribution is -0.159. The summed E-state index contributed by atoms with van der Waals surface area (Å²) in [7, 11) is 3.80. The summed E-state index contributed by atoms with van der Waals surface area (Å²) in [5, 5.41) is 17.9. The Bertz CT molecular complexity index is 571. The highest BCUT2D eigenvalue weighted by atomic mass is 16.4. The Morgan fingerprint density at radius 1 is 0.960 bits per heavy atom. The first-order valence-electron chi connectivity index (χ1n) is 8.00. The molecule has 25 heavy (non-hydrogen) atoms. The van der Waals surface area contributed by atoms with Gasteiger partial charge in [0.25, 0.3) is 0 Å². The van der Waals surface area contributed by atoms with Crippen LogP contribution in [0.3, 0.4) is 0 Å². The molecule has 0 bridgehead atoms. The van der Waals surface area contributed by atoms with Crippen LogP contribution in [0.4, 0.5) is 5.69 Å². The fourth-order valence-corrected chi connectivity index (χ4v) is 2.16. The molecule has 0 radical (unpaired) electrons. The second-order valence-corrected chi connectivity index (χ2v) is 6.52. The standard InChI is InChI=1S/C16H26N2O.C2H2O4/c1-11(2)13-8-7-9-14(12(3)4)16(13)17-15(19)10-18(5)6;3-1(4)2(5)6/h7-9,11-12H,10H2,1-6H3,(H,17,19);(H,3,4)(H,5,6). The van der Waals surface area contributed by atoms with E-state index in [1.807, 2.05) is 19.0 Å². The molecule has 7 heteroatoms. The van der Waals surface area contributed by atoms with Gasteiger partial charge in [-0.1, -0.05) is 45.9 Å². The number of carbonyl (C=O) groups is 3. The van der Waals surface area contributed by atoms with Crippen molar-refractivity contribution in [2.75, 3.05) is 26.0 Å². The summed E-state index contributed by atoms with van der Waals surface area (Å²) in [5.74, 6) is -2.81. The number of anilines is 1. The van der Waals surface area contributed by atoms with Gasteiger partial charge in [0.15, 0.2) is 0 Å². The minimum absolute atomic E-state index is 0.0417. The average Bonchev–Trinajstić information content (AvgIpc) is 2.46. The van der Waals surface area contributed by atoms with Crippen LogP contribution >= 0.6 is 0 Å². The molecule has 1 aromatic carbocycles. The molecule has 1 aromatic rings. The number of carbonyl (C=O) groups excluding carboxylic acids is 1. The Labute approximate surface area is 148 Å². The molecule has 0 atom stereocenters. The Kier molecular flexibility index (Phi) is 9.45. The van der Waals surface area contributed by atoms with Crippen molar-refractivity contribution in [1.82, 2.24) is 4.90 Å². The summed E-state index contributed by atoms with van der Waals surface area (Å²) in [4.78, 5) is 32.1. The SMILES string of the molecule is CC(C)c1cccc(C(C)C)c1NC(=O)CN(C)C.O=C(O)C(=O)O. The van der Waals surface area contributed by atoms with Crippen molar-refractivity contribution in [2.24, 2.45) is 0 Å². The summed E-state index contributed by atoms with van der Waals surface area (Å²) in [5.41, 5.74) is 3.41. The number of nitrogens with one attached hydrogen (secondary N) is 1. The van der Waals surface area contributed by atoms with E-state index in [0.717, 1.165) is 5.69 Å². The van der Waals surface area contributed by atoms with E-state index in [1.54, 1.807) is 0 Å². The molecule has 0 aliphatic carbocycles. The van der Waals surface area contributed by atoms with Gasteiger partial charge >= 0.3 is 11.9 Å². The number of rotatable bonds is 5. The van der Waals surface area contributed by atoms with Crippen LogP contribution in [-0.2, 0) is 14.4 Å². The Hall–Kier alpha value is -2.41. The zero-order chi connectivity index (χ0) is 19.7. The van der Waals surface area contributed by atoms with Crippen LogP contribution in [0.5, 0.6) is 0 Å². The molecule has 0 saturated heterocycles. The van der Waals surface area contributed by atoms with Crippen molar-refractivity contribution < 1.29 is 24.6 Å². The number of benzene rings is 1. The van der Waals surface area contributed by atoms with Crippen molar-refractivity contribution in [3.8, 4) is 0 Å². The predicted octanol–water partition coefficient (Wildman–Crippen LogP) is 2.59. The second kappa shape index (κ2) is 10.5. The summed E-state index contributed by atoms with van der Waals surface area (Å²) in [6, 6.07) is 6.27. The van der Waals surface area contributed by atoms with Gasteiger partial charge < -0.3 is 20.4 Å². The number of carboxylic acids is 2. The highest BCUT2D eigenvalue weighted by Gasteiger charge is 2.15. The van der Waals surface area contributed by atoms with Gasteiger partial charge in [0.1, 0.15) is 0 Å². The van der Waals surface area contributed by atoms with Gasteiger partial charge in [-0.3, -0.25) is 4.79 Å². The van der Waals surface area contributed by atoms with Crippen LogP contribution in [0.15, 0.2) is 18.2 Å². The lowest BCUT2D eigenvalue weighted by atomic mass is 9.92. The van der Waals surface area contributed by atoms with Gasteiger partial charge in [0, 0.05) is 5.69 Å². The highest BCUT2D eigenvalue weighted by Crippen LogP contribution is 2.32. The normalized spacial score (nSPS) is 10.4. The van der Waals surface area contributed by atoms with Gasteiger partial charge in [-0.05, 0) is 37.1 Å². The van der Waals surface area contributed by atoms with Crippen molar-refractivity contribution in [3.63, 3.8) is 0 Å². The van der Waals surface area contributed by atoms with E-state index in [-0.39, 0.29) is 5.91 Å². The fourth-order valence-electron chi connectivity index (χ4n) is 2.16. The van der Waals surface area contributed by atoms with Crippen LogP contribution in [0.1, 0.15) is 50.7 Å². The molecule has 0 fully saturated rings. The maximum Gasteiger partial charge on any atom is 0.414 e. The number of hydrogen-bond donors (Lipinski definition) is 3. The maximum atomic E-state index is 12.0. The molecule has 0 spiro atoms. The first-order chi connectivity index (χ1) is 11.5. The maximum absolute atomic E-state index is 12.0. The summed E-state index contributed by atoms with van der Waals surface area (Å²) < 4.78 is 0. The van der Waals surface area contributed by atoms with Crippen molar-refractivity contribution in [3.05, 3.63) is 29.3 Å². The lowest BCUT2D eigenvalue weighted by Crippen LogP contribution is -2.28. The molecule has 3 N–H and O–H groups in total. The molecular weight excluding hydrogens is 324 g/mol. The van der Waals surface area contributed by atoms with Gasteiger partial charge in [-0.25, -0.2) is 9.59 Å². The third kappa shape index (κ3) is 8.30. The van der Waals surface area contributed by atoms with Crippen LogP contribution in [0, 0.1) is 0 Å². The summed E-state index contributed by atoms with van der Waals surface area (Å²) in [6.07, 6.45) is 0. The number of likely N-dealkylation sites (N-methyl/N-ethyl adjacent to an activating group) is 1. The topological polar surface area (TPSA) is 107 Å². The Morgan fingerprint density at radius 2 is 1.36 bits per heavy atom. The molecule has 0 heterocycles.